The highest BCUT2D eigenvalue weighted by Crippen LogP contribution is 2.18. The molecule has 1 rings (SSSR count). The molecule has 4 heteroatoms. The number of hydrogen-bond donors (Lipinski definition) is 2. The van der Waals surface area contributed by atoms with Crippen molar-refractivity contribution in [3.05, 3.63) is 48.6 Å². The Labute approximate surface area is 113 Å². The molecule has 1 aromatic rings. The summed E-state index contributed by atoms with van der Waals surface area (Å²) < 4.78 is 5.29. The normalized spacial score (nSPS) is 13.5. The van der Waals surface area contributed by atoms with Gasteiger partial charge in [0.25, 0.3) is 0 Å². The summed E-state index contributed by atoms with van der Waals surface area (Å²) in [4.78, 5) is 11.3. The quantitative estimate of drug-likeness (QED) is 0.558. The second kappa shape index (κ2) is 6.85. The summed E-state index contributed by atoms with van der Waals surface area (Å²) >= 11 is 0. The van der Waals surface area contributed by atoms with E-state index in [1.807, 2.05) is 30.3 Å². The van der Waals surface area contributed by atoms with E-state index in [1.54, 1.807) is 0 Å². The Morgan fingerprint density at radius 1 is 1.47 bits per heavy atom. The summed E-state index contributed by atoms with van der Waals surface area (Å²) in [6, 6.07) is 9.52. The third-order valence-corrected chi connectivity index (χ3v) is 2.78. The molecule has 0 saturated carbocycles. The van der Waals surface area contributed by atoms with E-state index in [0.29, 0.717) is 12.1 Å². The molecule has 102 valence electrons. The first-order valence-electron chi connectivity index (χ1n) is 6.06. The Hall–Kier alpha value is -1.94. The van der Waals surface area contributed by atoms with Crippen LogP contribution in [0.15, 0.2) is 43.0 Å². The van der Waals surface area contributed by atoms with E-state index in [-0.39, 0.29) is 13.0 Å². The zero-order valence-electron chi connectivity index (χ0n) is 11.1. The Balaban J connectivity index is 2.66. The fourth-order valence-electron chi connectivity index (χ4n) is 1.74. The number of benzene rings is 1. The third-order valence-electron chi connectivity index (χ3n) is 2.78. The zero-order valence-corrected chi connectivity index (χ0v) is 11.1. The maximum Gasteiger partial charge on any atom is 0.336 e. The lowest BCUT2D eigenvalue weighted by atomic mass is 9.95. The number of hydrogen-bond acceptors (Lipinski definition) is 3. The minimum Gasteiger partial charge on any atom is -0.479 e. The van der Waals surface area contributed by atoms with Crippen LogP contribution in [0.3, 0.4) is 0 Å². The van der Waals surface area contributed by atoms with Gasteiger partial charge in [0, 0.05) is 18.6 Å². The molecule has 1 atom stereocenters. The van der Waals surface area contributed by atoms with Crippen molar-refractivity contribution in [2.24, 2.45) is 0 Å². The molecule has 0 aliphatic heterocycles. The van der Waals surface area contributed by atoms with Crippen LogP contribution in [0.2, 0.25) is 0 Å². The molecule has 0 radical (unpaired) electrons. The van der Waals surface area contributed by atoms with Crippen LogP contribution in [0.4, 0.5) is 0 Å². The number of ether oxygens (including phenoxy) is 1. The van der Waals surface area contributed by atoms with Gasteiger partial charge in [0.1, 0.15) is 0 Å². The average Bonchev–Trinajstić information content (AvgIpc) is 2.37. The smallest absolute Gasteiger partial charge is 0.336 e. The molecular weight excluding hydrogens is 242 g/mol. The molecule has 1 unspecified atom stereocenters. The Bertz CT molecular complexity index is 456. The number of carboxylic acids is 1. The molecule has 0 amide bonds. The maximum absolute atomic E-state index is 11.3. The van der Waals surface area contributed by atoms with Gasteiger partial charge in [-0.3, -0.25) is 0 Å². The molecule has 0 aromatic heterocycles. The number of aliphatic carboxylic acids is 1. The van der Waals surface area contributed by atoms with Crippen molar-refractivity contribution in [2.75, 3.05) is 6.61 Å². The van der Waals surface area contributed by atoms with Gasteiger partial charge in [-0.2, -0.15) is 0 Å². The minimum atomic E-state index is -1.37. The molecule has 2 N–H and O–H groups in total. The fraction of sp³-hybridized carbons (Fsp3) is 0.333. The highest BCUT2D eigenvalue weighted by Gasteiger charge is 2.35. The largest absolute Gasteiger partial charge is 0.479 e. The first kappa shape index (κ1) is 15.1. The van der Waals surface area contributed by atoms with Crippen LogP contribution in [0.1, 0.15) is 18.9 Å². The summed E-state index contributed by atoms with van der Waals surface area (Å²) in [5.74, 6) is -1.06. The van der Waals surface area contributed by atoms with Crippen molar-refractivity contribution in [3.63, 3.8) is 0 Å². The number of rotatable bonds is 8. The molecule has 19 heavy (non-hydrogen) atoms. The topological polar surface area (TPSA) is 70.4 Å². The van der Waals surface area contributed by atoms with E-state index in [9.17, 15) is 9.90 Å². The highest BCUT2D eigenvalue weighted by molar-refractivity contribution is 5.90. The predicted octanol–water partition coefficient (Wildman–Crippen LogP) is 2.68. The second-order valence-electron chi connectivity index (χ2n) is 4.58. The van der Waals surface area contributed by atoms with E-state index in [0.717, 1.165) is 5.56 Å². The van der Waals surface area contributed by atoms with E-state index in [2.05, 4.69) is 6.58 Å². The molecule has 0 saturated heterocycles. The Kier molecular flexibility index (Phi) is 5.45. The lowest BCUT2D eigenvalue weighted by Crippen LogP contribution is -2.40. The molecule has 4 nitrogen and oxygen atoms in total. The summed E-state index contributed by atoms with van der Waals surface area (Å²) in [5.41, 5.74) is -0.0517. The average molecular weight is 261 g/mol. The van der Waals surface area contributed by atoms with Gasteiger partial charge < -0.3 is 15.3 Å². The van der Waals surface area contributed by atoms with Crippen LogP contribution in [-0.4, -0.2) is 29.0 Å². The van der Waals surface area contributed by atoms with Gasteiger partial charge in [-0.15, -0.1) is 6.58 Å². The monoisotopic (exact) mass is 261 g/mol. The summed E-state index contributed by atoms with van der Waals surface area (Å²) in [6.45, 7) is 5.14. The van der Waals surface area contributed by atoms with Gasteiger partial charge in [-0.05, 0) is 12.5 Å². The van der Waals surface area contributed by atoms with Gasteiger partial charge >= 0.3 is 5.97 Å². The van der Waals surface area contributed by atoms with Crippen molar-refractivity contribution in [1.29, 1.82) is 5.41 Å². The van der Waals surface area contributed by atoms with Gasteiger partial charge in [0.2, 0.25) is 0 Å². The lowest BCUT2D eigenvalue weighted by molar-refractivity contribution is -0.161. The van der Waals surface area contributed by atoms with Crippen LogP contribution < -0.4 is 0 Å². The Morgan fingerprint density at radius 3 is 2.63 bits per heavy atom. The number of nitrogens with one attached hydrogen (secondary N) is 1. The fourth-order valence-corrected chi connectivity index (χ4v) is 1.74. The van der Waals surface area contributed by atoms with E-state index in [4.69, 9.17) is 10.1 Å². The summed E-state index contributed by atoms with van der Waals surface area (Å²) in [7, 11) is 0. The van der Waals surface area contributed by atoms with Crippen LogP contribution in [-0.2, 0) is 16.0 Å². The SMILES string of the molecule is C=CCOC(C)(CC(=N)Cc1ccccc1)C(=O)O. The molecular formula is C15H19NO3. The van der Waals surface area contributed by atoms with E-state index < -0.39 is 11.6 Å². The van der Waals surface area contributed by atoms with Crippen LogP contribution in [0.5, 0.6) is 0 Å². The molecule has 0 bridgehead atoms. The number of carboxylic acid groups (broad SMARTS) is 1. The van der Waals surface area contributed by atoms with Gasteiger partial charge in [-0.25, -0.2) is 4.79 Å². The van der Waals surface area contributed by atoms with Gasteiger partial charge in [0.05, 0.1) is 6.61 Å². The standard InChI is InChI=1S/C15H19NO3/c1-3-9-19-15(2,14(17)18)11-13(16)10-12-7-5-4-6-8-12/h3-8,16H,1,9-11H2,2H3,(H,17,18). The van der Waals surface area contributed by atoms with Crippen LogP contribution >= 0.6 is 0 Å². The van der Waals surface area contributed by atoms with Crippen LogP contribution in [0.25, 0.3) is 0 Å². The Morgan fingerprint density at radius 2 is 2.11 bits per heavy atom. The highest BCUT2D eigenvalue weighted by atomic mass is 16.5. The molecule has 0 aliphatic rings. The van der Waals surface area contributed by atoms with Gasteiger partial charge in [0.15, 0.2) is 5.60 Å². The number of carbonyl (C=O) groups is 1. The third kappa shape index (κ3) is 4.67. The second-order valence-corrected chi connectivity index (χ2v) is 4.58. The predicted molar refractivity (Wildman–Crippen MR) is 74.7 cm³/mol. The van der Waals surface area contributed by atoms with E-state index >= 15 is 0 Å². The van der Waals surface area contributed by atoms with Crippen molar-refractivity contribution < 1.29 is 14.6 Å². The van der Waals surface area contributed by atoms with Crippen molar-refractivity contribution >= 4 is 11.7 Å². The summed E-state index contributed by atoms with van der Waals surface area (Å²) in [6.07, 6.45) is 1.99. The first-order chi connectivity index (χ1) is 8.98. The summed E-state index contributed by atoms with van der Waals surface area (Å²) in [5, 5.41) is 17.2. The molecule has 0 heterocycles. The van der Waals surface area contributed by atoms with Crippen molar-refractivity contribution in [3.8, 4) is 0 Å². The molecule has 0 aliphatic carbocycles. The maximum atomic E-state index is 11.3. The minimum absolute atomic E-state index is 0.0606. The first-order valence-corrected chi connectivity index (χ1v) is 6.06. The van der Waals surface area contributed by atoms with Crippen LogP contribution in [0, 0.1) is 5.41 Å². The van der Waals surface area contributed by atoms with Gasteiger partial charge in [-0.1, -0.05) is 36.4 Å². The zero-order chi connectivity index (χ0) is 14.3. The van der Waals surface area contributed by atoms with E-state index in [1.165, 1.54) is 13.0 Å². The van der Waals surface area contributed by atoms with Crippen molar-refractivity contribution in [1.82, 2.24) is 0 Å². The molecule has 0 fully saturated rings. The lowest BCUT2D eigenvalue weighted by Gasteiger charge is -2.25. The van der Waals surface area contributed by atoms with Crippen molar-refractivity contribution in [2.45, 2.75) is 25.4 Å². The molecule has 0 spiro atoms. The molecule has 1 aromatic carbocycles.